The van der Waals surface area contributed by atoms with E-state index in [1.54, 1.807) is 17.5 Å². The number of carbonyl (C=O) groups is 1. The number of amides is 1. The summed E-state index contributed by atoms with van der Waals surface area (Å²) in [4.78, 5) is 19.3. The van der Waals surface area contributed by atoms with E-state index in [0.29, 0.717) is 6.54 Å². The van der Waals surface area contributed by atoms with Crippen molar-refractivity contribution in [1.82, 2.24) is 19.8 Å². The predicted octanol–water partition coefficient (Wildman–Crippen LogP) is 2.77. The van der Waals surface area contributed by atoms with E-state index in [-0.39, 0.29) is 5.91 Å². The molecular formula is C17H24N4OS. The van der Waals surface area contributed by atoms with Crippen molar-refractivity contribution in [2.75, 3.05) is 26.2 Å². The molecule has 0 atom stereocenters. The van der Waals surface area contributed by atoms with Crippen LogP contribution in [0.3, 0.4) is 0 Å². The molecular weight excluding hydrogens is 308 g/mol. The molecule has 124 valence electrons. The lowest BCUT2D eigenvalue weighted by molar-refractivity contribution is 0.0946. The van der Waals surface area contributed by atoms with Gasteiger partial charge in [0.25, 0.3) is 5.91 Å². The fourth-order valence-corrected chi connectivity index (χ4v) is 3.97. The average Bonchev–Trinajstić information content (AvgIpc) is 3.16. The summed E-state index contributed by atoms with van der Waals surface area (Å²) in [7, 11) is 0. The topological polar surface area (TPSA) is 50.2 Å². The maximum atomic E-state index is 12.5. The minimum absolute atomic E-state index is 0.0120. The molecule has 1 amide bonds. The lowest BCUT2D eigenvalue weighted by Crippen LogP contribution is -2.37. The van der Waals surface area contributed by atoms with E-state index in [1.807, 2.05) is 29.9 Å². The number of nitrogens with one attached hydrogen (secondary N) is 1. The molecule has 23 heavy (non-hydrogen) atoms. The van der Waals surface area contributed by atoms with Gasteiger partial charge in [0.05, 0.1) is 5.56 Å². The highest BCUT2D eigenvalue weighted by molar-refractivity contribution is 7.12. The maximum Gasteiger partial charge on any atom is 0.253 e. The van der Waals surface area contributed by atoms with Gasteiger partial charge in [-0.05, 0) is 45.8 Å². The summed E-state index contributed by atoms with van der Waals surface area (Å²) in [6, 6.07) is 1.95. The first kappa shape index (κ1) is 16.2. The van der Waals surface area contributed by atoms with Crippen molar-refractivity contribution >= 4 is 17.2 Å². The molecule has 1 saturated heterocycles. The highest BCUT2D eigenvalue weighted by Gasteiger charge is 2.18. The fourth-order valence-electron chi connectivity index (χ4n) is 3.22. The van der Waals surface area contributed by atoms with Crippen LogP contribution in [0.15, 0.2) is 17.6 Å². The lowest BCUT2D eigenvalue weighted by atomic mass is 10.1. The van der Waals surface area contributed by atoms with Gasteiger partial charge in [0, 0.05) is 36.1 Å². The number of nitrogens with zero attached hydrogens (tertiary/aromatic N) is 3. The van der Waals surface area contributed by atoms with Gasteiger partial charge in [0.2, 0.25) is 0 Å². The fraction of sp³-hybridized carbons (Fsp3) is 0.529. The van der Waals surface area contributed by atoms with Crippen LogP contribution in [0, 0.1) is 13.8 Å². The minimum Gasteiger partial charge on any atom is -0.351 e. The van der Waals surface area contributed by atoms with Crippen LogP contribution in [-0.2, 0) is 0 Å². The van der Waals surface area contributed by atoms with Crippen molar-refractivity contribution in [2.45, 2.75) is 33.1 Å². The van der Waals surface area contributed by atoms with Crippen LogP contribution in [0.25, 0.3) is 5.13 Å². The number of carbonyl (C=O) groups excluding carboxylic acids is 1. The molecule has 0 spiro atoms. The van der Waals surface area contributed by atoms with Crippen molar-refractivity contribution in [3.8, 4) is 5.13 Å². The summed E-state index contributed by atoms with van der Waals surface area (Å²) >= 11 is 1.58. The number of piperidine rings is 1. The maximum absolute atomic E-state index is 12.5. The molecule has 1 fully saturated rings. The van der Waals surface area contributed by atoms with Gasteiger partial charge < -0.3 is 10.2 Å². The van der Waals surface area contributed by atoms with Crippen LogP contribution in [0.1, 0.15) is 41.0 Å². The zero-order valence-electron chi connectivity index (χ0n) is 13.8. The Labute approximate surface area is 141 Å². The molecule has 1 N–H and O–H groups in total. The van der Waals surface area contributed by atoms with Gasteiger partial charge in [0.1, 0.15) is 0 Å². The molecule has 1 aliphatic heterocycles. The van der Waals surface area contributed by atoms with E-state index in [4.69, 9.17) is 0 Å². The zero-order chi connectivity index (χ0) is 16.2. The van der Waals surface area contributed by atoms with Gasteiger partial charge in [-0.15, -0.1) is 11.3 Å². The standard InChI is InChI=1S/C17H24N4OS/c1-13-12-15(14(2)21(13)17-19-7-11-23-17)16(22)18-6-10-20-8-4-3-5-9-20/h7,11-12H,3-6,8-10H2,1-2H3,(H,18,22). The van der Waals surface area contributed by atoms with Gasteiger partial charge in [-0.3, -0.25) is 9.36 Å². The van der Waals surface area contributed by atoms with Crippen molar-refractivity contribution in [3.63, 3.8) is 0 Å². The van der Waals surface area contributed by atoms with Crippen LogP contribution in [0.2, 0.25) is 0 Å². The number of aryl methyl sites for hydroxylation is 1. The smallest absolute Gasteiger partial charge is 0.253 e. The number of hydrogen-bond acceptors (Lipinski definition) is 4. The van der Waals surface area contributed by atoms with Gasteiger partial charge in [-0.25, -0.2) is 4.98 Å². The first-order valence-electron chi connectivity index (χ1n) is 8.26. The second-order valence-corrected chi connectivity index (χ2v) is 6.97. The highest BCUT2D eigenvalue weighted by atomic mass is 32.1. The second kappa shape index (κ2) is 7.27. The van der Waals surface area contributed by atoms with E-state index in [0.717, 1.165) is 41.7 Å². The summed E-state index contributed by atoms with van der Waals surface area (Å²) < 4.78 is 2.05. The van der Waals surface area contributed by atoms with Crippen LogP contribution in [0.4, 0.5) is 0 Å². The Bertz CT molecular complexity index is 656. The molecule has 3 rings (SSSR count). The van der Waals surface area contributed by atoms with Crippen LogP contribution in [-0.4, -0.2) is 46.5 Å². The molecule has 5 nitrogen and oxygen atoms in total. The van der Waals surface area contributed by atoms with Crippen molar-refractivity contribution in [1.29, 1.82) is 0 Å². The monoisotopic (exact) mass is 332 g/mol. The number of rotatable bonds is 5. The molecule has 0 bridgehead atoms. The van der Waals surface area contributed by atoms with Crippen molar-refractivity contribution < 1.29 is 4.79 Å². The Morgan fingerprint density at radius 2 is 2.09 bits per heavy atom. The van der Waals surface area contributed by atoms with Crippen LogP contribution in [0.5, 0.6) is 0 Å². The number of aromatic nitrogens is 2. The van der Waals surface area contributed by atoms with E-state index in [9.17, 15) is 4.79 Å². The Morgan fingerprint density at radius 1 is 1.30 bits per heavy atom. The molecule has 0 aromatic carbocycles. The summed E-state index contributed by atoms with van der Waals surface area (Å²) in [5.41, 5.74) is 2.74. The molecule has 0 radical (unpaired) electrons. The largest absolute Gasteiger partial charge is 0.351 e. The Morgan fingerprint density at radius 3 is 2.78 bits per heavy atom. The quantitative estimate of drug-likeness (QED) is 0.916. The second-order valence-electron chi connectivity index (χ2n) is 6.09. The third-order valence-electron chi connectivity index (χ3n) is 4.45. The van der Waals surface area contributed by atoms with Crippen LogP contribution < -0.4 is 5.32 Å². The summed E-state index contributed by atoms with van der Waals surface area (Å²) in [6.07, 6.45) is 5.69. The molecule has 1 aliphatic rings. The SMILES string of the molecule is Cc1cc(C(=O)NCCN2CCCCC2)c(C)n1-c1nccs1. The minimum atomic E-state index is 0.0120. The van der Waals surface area contributed by atoms with Gasteiger partial charge in [-0.2, -0.15) is 0 Å². The number of likely N-dealkylation sites (tertiary alicyclic amines) is 1. The van der Waals surface area contributed by atoms with E-state index in [2.05, 4.69) is 15.2 Å². The van der Waals surface area contributed by atoms with Gasteiger partial charge >= 0.3 is 0 Å². The van der Waals surface area contributed by atoms with Crippen molar-refractivity contribution in [3.05, 3.63) is 34.6 Å². The molecule has 3 heterocycles. The van der Waals surface area contributed by atoms with Gasteiger partial charge in [-0.1, -0.05) is 6.42 Å². The zero-order valence-corrected chi connectivity index (χ0v) is 14.7. The summed E-state index contributed by atoms with van der Waals surface area (Å²) in [5.74, 6) is 0.0120. The van der Waals surface area contributed by atoms with E-state index < -0.39 is 0 Å². The van der Waals surface area contributed by atoms with Crippen LogP contribution >= 0.6 is 11.3 Å². The summed E-state index contributed by atoms with van der Waals surface area (Å²) in [5, 5.41) is 5.92. The Kier molecular flexibility index (Phi) is 5.13. The van der Waals surface area contributed by atoms with Gasteiger partial charge in [0.15, 0.2) is 5.13 Å². The Hall–Kier alpha value is -1.66. The van der Waals surface area contributed by atoms with E-state index in [1.165, 1.54) is 19.3 Å². The van der Waals surface area contributed by atoms with E-state index >= 15 is 0 Å². The summed E-state index contributed by atoms with van der Waals surface area (Å²) in [6.45, 7) is 7.96. The normalized spacial score (nSPS) is 15.7. The molecule has 6 heteroatoms. The highest BCUT2D eigenvalue weighted by Crippen LogP contribution is 2.22. The number of thiazole rings is 1. The third kappa shape index (κ3) is 3.64. The molecule has 0 aliphatic carbocycles. The molecule has 2 aromatic rings. The first-order valence-corrected chi connectivity index (χ1v) is 9.14. The average molecular weight is 332 g/mol. The first-order chi connectivity index (χ1) is 11.2. The predicted molar refractivity (Wildman–Crippen MR) is 93.5 cm³/mol. The molecule has 2 aromatic heterocycles. The lowest BCUT2D eigenvalue weighted by Gasteiger charge is -2.26. The molecule has 0 unspecified atom stereocenters. The molecule has 0 saturated carbocycles. The Balaban J connectivity index is 1.62. The number of hydrogen-bond donors (Lipinski definition) is 1. The van der Waals surface area contributed by atoms with Crippen molar-refractivity contribution in [2.24, 2.45) is 0 Å². The third-order valence-corrected chi connectivity index (χ3v) is 5.21.